The minimum absolute atomic E-state index is 0.0567. The predicted molar refractivity (Wildman–Crippen MR) is 75.5 cm³/mol. The summed E-state index contributed by atoms with van der Waals surface area (Å²) >= 11 is 0. The molecule has 0 aliphatic carbocycles. The SMILES string of the molecule is COc1ccc2cc(C(=O)NCC(C)N)n(C)c2c1. The molecule has 1 heterocycles. The average molecular weight is 261 g/mol. The van der Waals surface area contributed by atoms with E-state index in [-0.39, 0.29) is 11.9 Å². The fourth-order valence-corrected chi connectivity index (χ4v) is 2.00. The van der Waals surface area contributed by atoms with Crippen LogP contribution < -0.4 is 15.8 Å². The molecule has 5 heteroatoms. The summed E-state index contributed by atoms with van der Waals surface area (Å²) in [6.07, 6.45) is 0. The lowest BCUT2D eigenvalue weighted by Gasteiger charge is -2.08. The Morgan fingerprint density at radius 2 is 2.21 bits per heavy atom. The summed E-state index contributed by atoms with van der Waals surface area (Å²) < 4.78 is 7.05. The van der Waals surface area contributed by atoms with Crippen LogP contribution in [0, 0.1) is 0 Å². The van der Waals surface area contributed by atoms with Gasteiger partial charge in [-0.3, -0.25) is 4.79 Å². The largest absolute Gasteiger partial charge is 0.497 e. The van der Waals surface area contributed by atoms with E-state index in [1.165, 1.54) is 0 Å². The monoisotopic (exact) mass is 261 g/mol. The maximum Gasteiger partial charge on any atom is 0.267 e. The highest BCUT2D eigenvalue weighted by molar-refractivity contribution is 5.99. The second-order valence-electron chi connectivity index (χ2n) is 4.70. The van der Waals surface area contributed by atoms with Crippen molar-refractivity contribution < 1.29 is 9.53 Å². The van der Waals surface area contributed by atoms with Gasteiger partial charge in [-0.05, 0) is 25.1 Å². The lowest BCUT2D eigenvalue weighted by molar-refractivity contribution is 0.0944. The molecule has 3 N–H and O–H groups in total. The van der Waals surface area contributed by atoms with Crippen molar-refractivity contribution in [2.45, 2.75) is 13.0 Å². The Morgan fingerprint density at radius 1 is 1.47 bits per heavy atom. The number of fused-ring (bicyclic) bond motifs is 1. The molecule has 0 spiro atoms. The van der Waals surface area contributed by atoms with E-state index in [4.69, 9.17) is 10.5 Å². The topological polar surface area (TPSA) is 69.3 Å². The number of hydrogen-bond donors (Lipinski definition) is 2. The first-order chi connectivity index (χ1) is 9.02. The molecule has 1 atom stereocenters. The van der Waals surface area contributed by atoms with E-state index in [0.29, 0.717) is 12.2 Å². The summed E-state index contributed by atoms with van der Waals surface area (Å²) in [4.78, 5) is 12.1. The van der Waals surface area contributed by atoms with Crippen LogP contribution in [0.3, 0.4) is 0 Å². The Hall–Kier alpha value is -2.01. The van der Waals surface area contributed by atoms with Crippen LogP contribution in [0.4, 0.5) is 0 Å². The number of amides is 1. The molecule has 2 aromatic rings. The first-order valence-electron chi connectivity index (χ1n) is 6.20. The number of nitrogens with one attached hydrogen (secondary N) is 1. The molecule has 1 amide bonds. The van der Waals surface area contributed by atoms with Gasteiger partial charge in [0.25, 0.3) is 5.91 Å². The van der Waals surface area contributed by atoms with E-state index in [1.807, 2.05) is 42.8 Å². The van der Waals surface area contributed by atoms with Crippen molar-refractivity contribution in [3.05, 3.63) is 30.0 Å². The Bertz CT molecular complexity index is 602. The van der Waals surface area contributed by atoms with Crippen molar-refractivity contribution >= 4 is 16.8 Å². The highest BCUT2D eigenvalue weighted by atomic mass is 16.5. The average Bonchev–Trinajstić information content (AvgIpc) is 2.73. The number of aryl methyl sites for hydroxylation is 1. The van der Waals surface area contributed by atoms with E-state index in [1.54, 1.807) is 7.11 Å². The Morgan fingerprint density at radius 3 is 2.84 bits per heavy atom. The Labute approximate surface area is 112 Å². The second kappa shape index (κ2) is 5.32. The van der Waals surface area contributed by atoms with Crippen molar-refractivity contribution in [3.63, 3.8) is 0 Å². The molecule has 5 nitrogen and oxygen atoms in total. The van der Waals surface area contributed by atoms with E-state index in [2.05, 4.69) is 5.32 Å². The van der Waals surface area contributed by atoms with Gasteiger partial charge < -0.3 is 20.4 Å². The van der Waals surface area contributed by atoms with Crippen LogP contribution in [0.25, 0.3) is 10.9 Å². The fourth-order valence-electron chi connectivity index (χ4n) is 2.00. The molecule has 0 saturated carbocycles. The smallest absolute Gasteiger partial charge is 0.267 e. The quantitative estimate of drug-likeness (QED) is 0.870. The zero-order chi connectivity index (χ0) is 14.0. The summed E-state index contributed by atoms with van der Waals surface area (Å²) in [5.74, 6) is 0.659. The molecule has 0 bridgehead atoms. The van der Waals surface area contributed by atoms with Crippen molar-refractivity contribution in [3.8, 4) is 5.75 Å². The Kier molecular flexibility index (Phi) is 3.76. The van der Waals surface area contributed by atoms with Gasteiger partial charge in [-0.1, -0.05) is 0 Å². The molecule has 102 valence electrons. The van der Waals surface area contributed by atoms with Crippen LogP contribution in [0.5, 0.6) is 5.75 Å². The first kappa shape index (κ1) is 13.4. The molecule has 1 unspecified atom stereocenters. The lowest BCUT2D eigenvalue weighted by atomic mass is 10.2. The summed E-state index contributed by atoms with van der Waals surface area (Å²) in [6.45, 7) is 2.32. The normalized spacial score (nSPS) is 12.4. The summed E-state index contributed by atoms with van der Waals surface area (Å²) in [5, 5.41) is 3.82. The molecular formula is C14H19N3O2. The number of carbonyl (C=O) groups is 1. The van der Waals surface area contributed by atoms with Crippen LogP contribution in [0.1, 0.15) is 17.4 Å². The molecule has 0 radical (unpaired) electrons. The standard InChI is InChI=1S/C14H19N3O2/c1-9(15)8-16-14(18)13-6-10-4-5-11(19-3)7-12(10)17(13)2/h4-7,9H,8,15H2,1-3H3,(H,16,18). The van der Waals surface area contributed by atoms with Gasteiger partial charge in [0.05, 0.1) is 12.6 Å². The molecule has 1 aromatic heterocycles. The van der Waals surface area contributed by atoms with Crippen molar-refractivity contribution in [2.24, 2.45) is 12.8 Å². The fraction of sp³-hybridized carbons (Fsp3) is 0.357. The molecule has 0 fully saturated rings. The number of nitrogens with zero attached hydrogens (tertiary/aromatic N) is 1. The van der Waals surface area contributed by atoms with Crippen LogP contribution >= 0.6 is 0 Å². The molecule has 0 aliphatic heterocycles. The third-order valence-corrected chi connectivity index (χ3v) is 3.07. The third kappa shape index (κ3) is 2.71. The highest BCUT2D eigenvalue weighted by Gasteiger charge is 2.13. The van der Waals surface area contributed by atoms with Gasteiger partial charge in [0.2, 0.25) is 0 Å². The highest BCUT2D eigenvalue weighted by Crippen LogP contribution is 2.23. The molecule has 1 aromatic carbocycles. The second-order valence-corrected chi connectivity index (χ2v) is 4.70. The molecule has 0 aliphatic rings. The van der Waals surface area contributed by atoms with Crippen LogP contribution in [-0.2, 0) is 7.05 Å². The van der Waals surface area contributed by atoms with E-state index >= 15 is 0 Å². The van der Waals surface area contributed by atoms with E-state index < -0.39 is 0 Å². The lowest BCUT2D eigenvalue weighted by Crippen LogP contribution is -2.35. The number of rotatable bonds is 4. The minimum atomic E-state index is -0.116. The molecule has 2 rings (SSSR count). The van der Waals surface area contributed by atoms with Crippen molar-refractivity contribution in [1.82, 2.24) is 9.88 Å². The predicted octanol–water partition coefficient (Wildman–Crippen LogP) is 1.26. The minimum Gasteiger partial charge on any atom is -0.497 e. The number of nitrogens with two attached hydrogens (primary N) is 1. The maximum atomic E-state index is 12.1. The van der Waals surface area contributed by atoms with Crippen LogP contribution in [0.15, 0.2) is 24.3 Å². The number of ether oxygens (including phenoxy) is 1. The molecular weight excluding hydrogens is 242 g/mol. The number of benzene rings is 1. The van der Waals surface area contributed by atoms with Gasteiger partial charge in [0.1, 0.15) is 11.4 Å². The maximum absolute atomic E-state index is 12.1. The number of carbonyl (C=O) groups excluding carboxylic acids is 1. The first-order valence-corrected chi connectivity index (χ1v) is 6.20. The third-order valence-electron chi connectivity index (χ3n) is 3.07. The molecule has 0 saturated heterocycles. The van der Waals surface area contributed by atoms with Crippen molar-refractivity contribution in [2.75, 3.05) is 13.7 Å². The summed E-state index contributed by atoms with van der Waals surface area (Å²) in [7, 11) is 3.49. The summed E-state index contributed by atoms with van der Waals surface area (Å²) in [6, 6.07) is 7.55. The van der Waals surface area contributed by atoms with E-state index in [9.17, 15) is 4.79 Å². The summed E-state index contributed by atoms with van der Waals surface area (Å²) in [5.41, 5.74) is 7.21. The van der Waals surface area contributed by atoms with E-state index in [0.717, 1.165) is 16.7 Å². The number of aromatic nitrogens is 1. The van der Waals surface area contributed by atoms with Gasteiger partial charge in [0, 0.05) is 31.1 Å². The Balaban J connectivity index is 2.34. The van der Waals surface area contributed by atoms with Crippen LogP contribution in [0.2, 0.25) is 0 Å². The van der Waals surface area contributed by atoms with Gasteiger partial charge >= 0.3 is 0 Å². The van der Waals surface area contributed by atoms with Crippen LogP contribution in [-0.4, -0.2) is 30.2 Å². The van der Waals surface area contributed by atoms with Crippen molar-refractivity contribution in [1.29, 1.82) is 0 Å². The van der Waals surface area contributed by atoms with Gasteiger partial charge in [0.15, 0.2) is 0 Å². The number of methoxy groups -OCH3 is 1. The zero-order valence-corrected chi connectivity index (χ0v) is 11.4. The molecule has 19 heavy (non-hydrogen) atoms. The number of hydrogen-bond acceptors (Lipinski definition) is 3. The van der Waals surface area contributed by atoms with Gasteiger partial charge in [-0.2, -0.15) is 0 Å². The zero-order valence-electron chi connectivity index (χ0n) is 11.4. The van der Waals surface area contributed by atoms with Gasteiger partial charge in [-0.25, -0.2) is 0 Å². The van der Waals surface area contributed by atoms with Gasteiger partial charge in [-0.15, -0.1) is 0 Å².